The molecule has 0 heterocycles. The van der Waals surface area contributed by atoms with Crippen LogP contribution in [0.25, 0.3) is 0 Å². The van der Waals surface area contributed by atoms with E-state index in [4.69, 9.17) is 9.84 Å². The Kier molecular flexibility index (Phi) is 2.50. The van der Waals surface area contributed by atoms with Gasteiger partial charge in [-0.05, 0) is 37.0 Å². The van der Waals surface area contributed by atoms with Gasteiger partial charge in [0.2, 0.25) is 0 Å². The molecule has 1 aromatic rings. The summed E-state index contributed by atoms with van der Waals surface area (Å²) in [7, 11) is 0. The van der Waals surface area contributed by atoms with Crippen LogP contribution in [-0.4, -0.2) is 17.8 Å². The molecule has 2 rings (SSSR count). The molecule has 1 aliphatic carbocycles. The Morgan fingerprint density at radius 3 is 2.92 bits per heavy atom. The van der Waals surface area contributed by atoms with Gasteiger partial charge >= 0.3 is 0 Å². The lowest BCUT2D eigenvalue weighted by Crippen LogP contribution is -1.97. The van der Waals surface area contributed by atoms with Gasteiger partial charge in [-0.25, -0.2) is 0 Å². The van der Waals surface area contributed by atoms with Crippen molar-refractivity contribution < 1.29 is 9.84 Å². The molecule has 0 unspecified atom stereocenters. The summed E-state index contributed by atoms with van der Waals surface area (Å²) in [4.78, 5) is 0. The van der Waals surface area contributed by atoms with Crippen molar-refractivity contribution in [2.45, 2.75) is 25.4 Å². The van der Waals surface area contributed by atoms with Gasteiger partial charge in [-0.3, -0.25) is 0 Å². The smallest absolute Gasteiger partial charge is 0.119 e. The molecule has 0 atom stereocenters. The highest BCUT2D eigenvalue weighted by atomic mass is 16.5. The Labute approximate surface area is 78.2 Å². The Bertz CT molecular complexity index is 279. The third kappa shape index (κ3) is 2.46. The van der Waals surface area contributed by atoms with E-state index in [1.807, 2.05) is 24.3 Å². The van der Waals surface area contributed by atoms with Gasteiger partial charge in [0, 0.05) is 6.61 Å². The second kappa shape index (κ2) is 3.79. The first-order chi connectivity index (χ1) is 6.38. The van der Waals surface area contributed by atoms with Crippen molar-refractivity contribution in [3.8, 4) is 5.75 Å². The van der Waals surface area contributed by atoms with Crippen LogP contribution >= 0.6 is 0 Å². The summed E-state index contributed by atoms with van der Waals surface area (Å²) in [5.74, 6) is 0.938. The molecule has 1 aromatic carbocycles. The number of aliphatic hydroxyl groups is 1. The quantitative estimate of drug-likeness (QED) is 0.761. The molecule has 0 amide bonds. The maximum atomic E-state index is 8.76. The fraction of sp³-hybridized carbons (Fsp3) is 0.455. The van der Waals surface area contributed by atoms with E-state index in [2.05, 4.69) is 0 Å². The number of hydrogen-bond acceptors (Lipinski definition) is 2. The Hall–Kier alpha value is -1.02. The van der Waals surface area contributed by atoms with Crippen LogP contribution in [0, 0.1) is 0 Å². The fourth-order valence-electron chi connectivity index (χ4n) is 1.28. The molecule has 0 aromatic heterocycles. The zero-order valence-corrected chi connectivity index (χ0v) is 7.57. The summed E-state index contributed by atoms with van der Waals surface area (Å²) in [6.45, 7) is 0.201. The zero-order valence-electron chi connectivity index (χ0n) is 7.57. The minimum absolute atomic E-state index is 0.201. The Morgan fingerprint density at radius 2 is 2.23 bits per heavy atom. The van der Waals surface area contributed by atoms with Gasteiger partial charge in [0.25, 0.3) is 0 Å². The van der Waals surface area contributed by atoms with E-state index >= 15 is 0 Å². The molecule has 1 N–H and O–H groups in total. The molecule has 0 spiro atoms. The average molecular weight is 178 g/mol. The van der Waals surface area contributed by atoms with Gasteiger partial charge < -0.3 is 9.84 Å². The maximum absolute atomic E-state index is 8.76. The Morgan fingerprint density at radius 1 is 1.38 bits per heavy atom. The van der Waals surface area contributed by atoms with Crippen LogP contribution in [0.4, 0.5) is 0 Å². The molecule has 1 saturated carbocycles. The first-order valence-corrected chi connectivity index (χ1v) is 4.75. The van der Waals surface area contributed by atoms with E-state index in [9.17, 15) is 0 Å². The van der Waals surface area contributed by atoms with Crippen LogP contribution in [0.2, 0.25) is 0 Å². The highest BCUT2D eigenvalue weighted by molar-refractivity contribution is 5.29. The van der Waals surface area contributed by atoms with E-state index < -0.39 is 0 Å². The first-order valence-electron chi connectivity index (χ1n) is 4.75. The number of hydrogen-bond donors (Lipinski definition) is 1. The number of aliphatic hydroxyl groups excluding tert-OH is 1. The topological polar surface area (TPSA) is 29.5 Å². The Balaban J connectivity index is 2.02. The van der Waals surface area contributed by atoms with E-state index in [1.54, 1.807) is 0 Å². The van der Waals surface area contributed by atoms with Crippen molar-refractivity contribution in [3.63, 3.8) is 0 Å². The van der Waals surface area contributed by atoms with Crippen LogP contribution in [0.1, 0.15) is 18.4 Å². The van der Waals surface area contributed by atoms with Gasteiger partial charge in [-0.1, -0.05) is 12.1 Å². The normalized spacial score (nSPS) is 15.8. The zero-order chi connectivity index (χ0) is 9.10. The molecule has 2 nitrogen and oxygen atoms in total. The lowest BCUT2D eigenvalue weighted by Gasteiger charge is -2.05. The molecule has 0 saturated heterocycles. The third-order valence-electron chi connectivity index (χ3n) is 2.13. The van der Waals surface area contributed by atoms with Crippen molar-refractivity contribution in [1.29, 1.82) is 0 Å². The summed E-state index contributed by atoms with van der Waals surface area (Å²) >= 11 is 0. The molecular weight excluding hydrogens is 164 g/mol. The lowest BCUT2D eigenvalue weighted by molar-refractivity contribution is 0.296. The predicted octanol–water partition coefficient (Wildman–Crippen LogP) is 1.76. The number of benzene rings is 1. The van der Waals surface area contributed by atoms with Crippen molar-refractivity contribution in [3.05, 3.63) is 29.8 Å². The molecule has 1 aliphatic rings. The van der Waals surface area contributed by atoms with Gasteiger partial charge in [0.05, 0.1) is 6.10 Å². The van der Waals surface area contributed by atoms with Crippen LogP contribution in [0.15, 0.2) is 24.3 Å². The molecule has 0 radical (unpaired) electrons. The molecule has 13 heavy (non-hydrogen) atoms. The number of ether oxygens (including phenoxy) is 1. The van der Waals surface area contributed by atoms with Crippen molar-refractivity contribution in [2.75, 3.05) is 6.61 Å². The summed E-state index contributed by atoms with van der Waals surface area (Å²) in [6, 6.07) is 7.96. The molecule has 0 bridgehead atoms. The fourth-order valence-corrected chi connectivity index (χ4v) is 1.28. The minimum atomic E-state index is 0.201. The van der Waals surface area contributed by atoms with Crippen molar-refractivity contribution >= 4 is 0 Å². The first kappa shape index (κ1) is 8.57. The maximum Gasteiger partial charge on any atom is 0.119 e. The van der Waals surface area contributed by atoms with E-state index in [-0.39, 0.29) is 6.61 Å². The van der Waals surface area contributed by atoms with Crippen LogP contribution < -0.4 is 4.74 Å². The van der Waals surface area contributed by atoms with Crippen LogP contribution in [-0.2, 0) is 6.42 Å². The second-order valence-corrected chi connectivity index (χ2v) is 3.44. The monoisotopic (exact) mass is 178 g/mol. The minimum Gasteiger partial charge on any atom is -0.490 e. The van der Waals surface area contributed by atoms with Gasteiger partial charge in [0.15, 0.2) is 0 Å². The third-order valence-corrected chi connectivity index (χ3v) is 2.13. The molecule has 0 aliphatic heterocycles. The van der Waals surface area contributed by atoms with Crippen LogP contribution in [0.3, 0.4) is 0 Å². The van der Waals surface area contributed by atoms with Gasteiger partial charge in [0.1, 0.15) is 5.75 Å². The van der Waals surface area contributed by atoms with Crippen molar-refractivity contribution in [2.24, 2.45) is 0 Å². The SMILES string of the molecule is OCCc1cccc(OC2CC2)c1. The predicted molar refractivity (Wildman–Crippen MR) is 50.9 cm³/mol. The highest BCUT2D eigenvalue weighted by Crippen LogP contribution is 2.27. The summed E-state index contributed by atoms with van der Waals surface area (Å²) in [5, 5.41) is 8.76. The lowest BCUT2D eigenvalue weighted by atomic mass is 10.1. The largest absolute Gasteiger partial charge is 0.490 e. The average Bonchev–Trinajstić information content (AvgIpc) is 2.90. The van der Waals surface area contributed by atoms with Gasteiger partial charge in [-0.2, -0.15) is 0 Å². The summed E-state index contributed by atoms with van der Waals surface area (Å²) in [5.41, 5.74) is 1.14. The van der Waals surface area contributed by atoms with E-state index in [1.165, 1.54) is 12.8 Å². The van der Waals surface area contributed by atoms with E-state index in [0.717, 1.165) is 11.3 Å². The second-order valence-electron chi connectivity index (χ2n) is 3.44. The molecule has 1 fully saturated rings. The van der Waals surface area contributed by atoms with Gasteiger partial charge in [-0.15, -0.1) is 0 Å². The van der Waals surface area contributed by atoms with E-state index in [0.29, 0.717) is 12.5 Å². The molecular formula is C11H14O2. The summed E-state index contributed by atoms with van der Waals surface area (Å²) < 4.78 is 5.63. The standard InChI is InChI=1S/C11H14O2/c12-7-6-9-2-1-3-11(8-9)13-10-4-5-10/h1-3,8,10,12H,4-7H2. The summed E-state index contributed by atoms with van der Waals surface area (Å²) in [6.07, 6.45) is 3.53. The number of rotatable bonds is 4. The molecule has 2 heteroatoms. The molecule has 70 valence electrons. The highest BCUT2D eigenvalue weighted by Gasteiger charge is 2.23. The van der Waals surface area contributed by atoms with Crippen molar-refractivity contribution in [1.82, 2.24) is 0 Å². The van der Waals surface area contributed by atoms with Crippen LogP contribution in [0.5, 0.6) is 5.75 Å².